The van der Waals surface area contributed by atoms with Gasteiger partial charge in [-0.2, -0.15) is 0 Å². The minimum absolute atomic E-state index is 0.883. The molecule has 0 radical (unpaired) electrons. The van der Waals surface area contributed by atoms with Crippen LogP contribution in [0.5, 0.6) is 0 Å². The van der Waals surface area contributed by atoms with Crippen LogP contribution in [0.15, 0.2) is 40.3 Å². The predicted molar refractivity (Wildman–Crippen MR) is 83.1 cm³/mol. The summed E-state index contributed by atoms with van der Waals surface area (Å²) in [4.78, 5) is 8.61. The van der Waals surface area contributed by atoms with Gasteiger partial charge in [-0.15, -0.1) is 0 Å². The van der Waals surface area contributed by atoms with Crippen molar-refractivity contribution < 1.29 is 0 Å². The molecule has 1 aromatic rings. The highest BCUT2D eigenvalue weighted by atomic mass is 14.8. The van der Waals surface area contributed by atoms with Crippen LogP contribution in [-0.4, -0.2) is 25.0 Å². The van der Waals surface area contributed by atoms with Crippen molar-refractivity contribution in [2.75, 3.05) is 13.6 Å². The highest BCUT2D eigenvalue weighted by molar-refractivity contribution is 6.40. The third-order valence-electron chi connectivity index (χ3n) is 2.67. The van der Waals surface area contributed by atoms with Crippen molar-refractivity contribution in [2.24, 2.45) is 9.98 Å². The Bertz CT molecular complexity index is 364. The molecule has 0 unspecified atom stereocenters. The van der Waals surface area contributed by atoms with Gasteiger partial charge in [0.2, 0.25) is 0 Å². The third kappa shape index (κ3) is 7.00. The van der Waals surface area contributed by atoms with Gasteiger partial charge < -0.3 is 0 Å². The maximum atomic E-state index is 4.50. The first-order valence-corrected chi connectivity index (χ1v) is 6.72. The number of hydrogen-bond donors (Lipinski definition) is 0. The molecule has 2 nitrogen and oxygen atoms in total. The Morgan fingerprint density at radius 1 is 1.00 bits per heavy atom. The van der Waals surface area contributed by atoms with Crippen molar-refractivity contribution >= 4 is 11.4 Å². The summed E-state index contributed by atoms with van der Waals surface area (Å²) in [5.74, 6) is 0. The van der Waals surface area contributed by atoms with E-state index in [2.05, 4.69) is 34.3 Å². The zero-order valence-electron chi connectivity index (χ0n) is 12.4. The summed E-state index contributed by atoms with van der Waals surface area (Å²) in [6.07, 6.45) is 2.19. The van der Waals surface area contributed by atoms with Gasteiger partial charge in [0.05, 0.1) is 11.4 Å². The molecule has 0 spiro atoms. The Morgan fingerprint density at radius 3 is 2.17 bits per heavy atom. The van der Waals surface area contributed by atoms with Gasteiger partial charge in [0.15, 0.2) is 0 Å². The highest BCUT2D eigenvalue weighted by Gasteiger charge is 1.95. The Kier molecular flexibility index (Phi) is 9.84. The molecule has 0 saturated heterocycles. The molecule has 1 rings (SSSR count). The molecule has 0 N–H and O–H groups in total. The van der Waals surface area contributed by atoms with Crippen LogP contribution >= 0.6 is 0 Å². The molecule has 0 aliphatic carbocycles. The maximum Gasteiger partial charge on any atom is 0.0524 e. The summed E-state index contributed by atoms with van der Waals surface area (Å²) in [5, 5.41) is 0. The molecule has 2 heteroatoms. The van der Waals surface area contributed by atoms with Gasteiger partial charge in [-0.05, 0) is 32.3 Å². The lowest BCUT2D eigenvalue weighted by atomic mass is 10.1. The van der Waals surface area contributed by atoms with Crippen LogP contribution < -0.4 is 0 Å². The van der Waals surface area contributed by atoms with Crippen molar-refractivity contribution in [2.45, 2.75) is 40.5 Å². The number of nitrogens with zero attached hydrogens (tertiary/aromatic N) is 2. The van der Waals surface area contributed by atoms with E-state index in [1.165, 1.54) is 5.56 Å². The van der Waals surface area contributed by atoms with E-state index in [1.54, 1.807) is 7.05 Å². The van der Waals surface area contributed by atoms with Gasteiger partial charge in [0.1, 0.15) is 0 Å². The standard InChI is InChI=1S/C14H20N2.C2H6/c1-12(15-3)13(2)16-11-7-10-14-8-5-4-6-9-14;1-2/h4-6,8-9H,7,10-11H2,1-3H3;1-2H3. The third-order valence-corrected chi connectivity index (χ3v) is 2.67. The molecule has 0 heterocycles. The van der Waals surface area contributed by atoms with Crippen LogP contribution in [-0.2, 0) is 6.42 Å². The van der Waals surface area contributed by atoms with Crippen molar-refractivity contribution in [3.8, 4) is 0 Å². The van der Waals surface area contributed by atoms with Crippen LogP contribution in [0.4, 0.5) is 0 Å². The average Bonchev–Trinajstić information content (AvgIpc) is 2.45. The van der Waals surface area contributed by atoms with E-state index in [0.717, 1.165) is 30.8 Å². The molecule has 0 aromatic heterocycles. The van der Waals surface area contributed by atoms with Gasteiger partial charge in [-0.3, -0.25) is 9.98 Å². The molecule has 100 valence electrons. The SMILES string of the molecule is CC.CN=C(C)C(C)=NCCCc1ccccc1. The van der Waals surface area contributed by atoms with Crippen molar-refractivity contribution in [1.82, 2.24) is 0 Å². The zero-order valence-corrected chi connectivity index (χ0v) is 12.4. The van der Waals surface area contributed by atoms with Crippen LogP contribution in [0.1, 0.15) is 39.7 Å². The zero-order chi connectivity index (χ0) is 13.8. The van der Waals surface area contributed by atoms with Crippen molar-refractivity contribution in [3.05, 3.63) is 35.9 Å². The number of aliphatic imine (C=N–C) groups is 2. The first kappa shape index (κ1) is 16.6. The molecule has 0 atom stereocenters. The fourth-order valence-corrected chi connectivity index (χ4v) is 1.45. The first-order chi connectivity index (χ1) is 8.74. The second kappa shape index (κ2) is 10.7. The van der Waals surface area contributed by atoms with Crippen molar-refractivity contribution in [1.29, 1.82) is 0 Å². The summed E-state index contributed by atoms with van der Waals surface area (Å²) >= 11 is 0. The topological polar surface area (TPSA) is 24.7 Å². The quantitative estimate of drug-likeness (QED) is 0.549. The van der Waals surface area contributed by atoms with E-state index in [1.807, 2.05) is 33.8 Å². The van der Waals surface area contributed by atoms with E-state index in [-0.39, 0.29) is 0 Å². The van der Waals surface area contributed by atoms with Gasteiger partial charge in [-0.1, -0.05) is 44.2 Å². The highest BCUT2D eigenvalue weighted by Crippen LogP contribution is 2.02. The Labute approximate surface area is 112 Å². The number of hydrogen-bond acceptors (Lipinski definition) is 2. The summed E-state index contributed by atoms with van der Waals surface area (Å²) < 4.78 is 0. The molecule has 0 aliphatic heterocycles. The molecule has 1 aromatic carbocycles. The fourth-order valence-electron chi connectivity index (χ4n) is 1.45. The van der Waals surface area contributed by atoms with Crippen LogP contribution in [0.25, 0.3) is 0 Å². The monoisotopic (exact) mass is 246 g/mol. The van der Waals surface area contributed by atoms with Crippen LogP contribution in [0.2, 0.25) is 0 Å². The summed E-state index contributed by atoms with van der Waals surface area (Å²) in [6.45, 7) is 8.90. The Morgan fingerprint density at radius 2 is 1.61 bits per heavy atom. The Hall–Kier alpha value is -1.44. The summed E-state index contributed by atoms with van der Waals surface area (Å²) in [7, 11) is 1.80. The normalized spacial score (nSPS) is 11.8. The first-order valence-electron chi connectivity index (χ1n) is 6.72. The lowest BCUT2D eigenvalue weighted by molar-refractivity contribution is 0.834. The minimum Gasteiger partial charge on any atom is -0.292 e. The van der Waals surface area contributed by atoms with E-state index >= 15 is 0 Å². The molecule has 0 bridgehead atoms. The van der Waals surface area contributed by atoms with E-state index in [0.29, 0.717) is 0 Å². The minimum atomic E-state index is 0.883. The van der Waals surface area contributed by atoms with Crippen LogP contribution in [0.3, 0.4) is 0 Å². The predicted octanol–water partition coefficient (Wildman–Crippen LogP) is 4.20. The second-order valence-electron chi connectivity index (χ2n) is 3.87. The lowest BCUT2D eigenvalue weighted by Crippen LogP contribution is -2.06. The second-order valence-corrected chi connectivity index (χ2v) is 3.87. The van der Waals surface area contributed by atoms with Gasteiger partial charge >= 0.3 is 0 Å². The molecular formula is C16H26N2. The summed E-state index contributed by atoms with van der Waals surface area (Å²) in [6, 6.07) is 10.5. The smallest absolute Gasteiger partial charge is 0.0524 e. The van der Waals surface area contributed by atoms with Gasteiger partial charge in [0, 0.05) is 13.6 Å². The Balaban J connectivity index is 0.00000137. The number of rotatable bonds is 5. The lowest BCUT2D eigenvalue weighted by Gasteiger charge is -2.00. The molecule has 0 aliphatic rings. The molecule has 0 saturated carbocycles. The number of aryl methyl sites for hydroxylation is 1. The molecule has 0 fully saturated rings. The molecular weight excluding hydrogens is 220 g/mol. The van der Waals surface area contributed by atoms with Crippen molar-refractivity contribution in [3.63, 3.8) is 0 Å². The maximum absolute atomic E-state index is 4.50. The van der Waals surface area contributed by atoms with E-state index < -0.39 is 0 Å². The fraction of sp³-hybridized carbons (Fsp3) is 0.500. The van der Waals surface area contributed by atoms with E-state index in [9.17, 15) is 0 Å². The largest absolute Gasteiger partial charge is 0.292 e. The summed E-state index contributed by atoms with van der Waals surface area (Å²) in [5.41, 5.74) is 3.46. The average molecular weight is 246 g/mol. The van der Waals surface area contributed by atoms with E-state index in [4.69, 9.17) is 0 Å². The number of benzene rings is 1. The molecule has 18 heavy (non-hydrogen) atoms. The molecule has 0 amide bonds. The van der Waals surface area contributed by atoms with Gasteiger partial charge in [0.25, 0.3) is 0 Å². The van der Waals surface area contributed by atoms with Crippen LogP contribution in [0, 0.1) is 0 Å². The van der Waals surface area contributed by atoms with Gasteiger partial charge in [-0.25, -0.2) is 0 Å².